The zero-order chi connectivity index (χ0) is 20.9. The number of hydrogen-bond donors (Lipinski definition) is 0. The van der Waals surface area contributed by atoms with Crippen molar-refractivity contribution in [1.29, 1.82) is 0 Å². The molecule has 0 aliphatic heterocycles. The van der Waals surface area contributed by atoms with E-state index < -0.39 is 0 Å². The van der Waals surface area contributed by atoms with E-state index in [-0.39, 0.29) is 0 Å². The van der Waals surface area contributed by atoms with Gasteiger partial charge in [0.1, 0.15) is 0 Å². The van der Waals surface area contributed by atoms with Crippen molar-refractivity contribution in [3.05, 3.63) is 0 Å². The van der Waals surface area contributed by atoms with Crippen molar-refractivity contribution in [3.8, 4) is 0 Å². The van der Waals surface area contributed by atoms with Gasteiger partial charge in [-0.3, -0.25) is 0 Å². The molecule has 23 saturated carbocycles. The summed E-state index contributed by atoms with van der Waals surface area (Å²) in [6, 6.07) is 0. The van der Waals surface area contributed by atoms with Crippen LogP contribution in [0.3, 0.4) is 0 Å². The van der Waals surface area contributed by atoms with E-state index >= 15 is 0 Å². The molecule has 23 rings (SSSR count). The summed E-state index contributed by atoms with van der Waals surface area (Å²) in [6.07, 6.45) is 7.19. The topological polar surface area (TPSA) is 0 Å². The van der Waals surface area contributed by atoms with E-state index in [0.717, 1.165) is 86.6 Å². The van der Waals surface area contributed by atoms with E-state index in [2.05, 4.69) is 13.8 Å². The lowest BCUT2D eigenvalue weighted by Gasteiger charge is -3.59. The summed E-state index contributed by atoms with van der Waals surface area (Å²) in [4.78, 5) is 0. The molecule has 0 aromatic carbocycles. The zero-order valence-electron chi connectivity index (χ0n) is 20.9. The molecule has 36 heavy (non-hydrogen) atoms. The molecular weight excluding hydrogens is 432 g/mol. The molecule has 30 unspecified atom stereocenters. The molecule has 0 heterocycles. The molecule has 23 aliphatic rings. The van der Waals surface area contributed by atoms with Crippen LogP contribution < -0.4 is 0 Å². The molecule has 0 aromatic rings. The SMILES string of the molecule is CC12C3CC4C5CC6C7C8C9CC%10C%11C%12C%13CC%14C%15C3C13C%151C%14%13C%12%13C%11%12C9%10C89C78C56C45C2(C)C32C58C9%12C1%132. The fraction of sp³-hybridized carbons (Fsp3) is 1.00. The molecule has 172 valence electrons. The molecule has 0 saturated heterocycles. The van der Waals surface area contributed by atoms with Gasteiger partial charge in [-0.15, -0.1) is 0 Å². The average molecular weight is 461 g/mol. The van der Waals surface area contributed by atoms with Crippen molar-refractivity contribution in [2.45, 2.75) is 39.5 Å². The van der Waals surface area contributed by atoms with Crippen LogP contribution in [0.15, 0.2) is 0 Å². The molecule has 0 radical (unpaired) electrons. The van der Waals surface area contributed by atoms with Gasteiger partial charge in [0.15, 0.2) is 0 Å². The third-order valence-electron chi connectivity index (χ3n) is 29.7. The normalized spacial score (nSPS) is 130. The average Bonchev–Trinajstić information content (AvgIpc) is 2.75. The predicted octanol–water partition coefficient (Wildman–Crippen LogP) is 4.31. The zero-order valence-corrected chi connectivity index (χ0v) is 20.9. The van der Waals surface area contributed by atoms with Gasteiger partial charge in [-0.25, -0.2) is 0 Å². The smallest absolute Gasteiger partial charge is 0.000741 e. The lowest BCUT2D eigenvalue weighted by Crippen LogP contribution is -3.58. The molecular formula is C36H28. The summed E-state index contributed by atoms with van der Waals surface area (Å²) < 4.78 is 0. The van der Waals surface area contributed by atoms with Gasteiger partial charge < -0.3 is 0 Å². The van der Waals surface area contributed by atoms with Crippen molar-refractivity contribution in [2.75, 3.05) is 0 Å². The van der Waals surface area contributed by atoms with Crippen molar-refractivity contribution < 1.29 is 0 Å². The first-order chi connectivity index (χ1) is 17.6. The molecule has 0 bridgehead atoms. The maximum Gasteiger partial charge on any atom is -0.000741 e. The lowest BCUT2D eigenvalue weighted by atomic mass is 8.43. The van der Waals surface area contributed by atoms with E-state index in [1.54, 1.807) is 19.3 Å². The lowest BCUT2D eigenvalue weighted by molar-refractivity contribution is -1.14. The van der Waals surface area contributed by atoms with Crippen LogP contribution in [-0.2, 0) is 0 Å². The van der Waals surface area contributed by atoms with Crippen LogP contribution in [0, 0.1) is 169 Å². The van der Waals surface area contributed by atoms with Gasteiger partial charge in [0.05, 0.1) is 0 Å². The van der Waals surface area contributed by atoms with Crippen molar-refractivity contribution in [2.24, 2.45) is 169 Å². The van der Waals surface area contributed by atoms with Gasteiger partial charge in [-0.2, -0.15) is 0 Å². The third-order valence-corrected chi connectivity index (χ3v) is 29.7. The highest BCUT2D eigenvalue weighted by molar-refractivity contribution is 6.04. The number of rotatable bonds is 0. The van der Waals surface area contributed by atoms with Gasteiger partial charge in [-0.1, -0.05) is 13.8 Å². The Balaban J connectivity index is 1.07. The first-order valence-electron chi connectivity index (χ1n) is 17.6. The van der Waals surface area contributed by atoms with Gasteiger partial charge >= 0.3 is 0 Å². The Kier molecular flexibility index (Phi) is 0.731. The second kappa shape index (κ2) is 2.01. The van der Waals surface area contributed by atoms with Crippen LogP contribution in [0.1, 0.15) is 39.5 Å². The van der Waals surface area contributed by atoms with Crippen LogP contribution >= 0.6 is 0 Å². The van der Waals surface area contributed by atoms with Gasteiger partial charge in [-0.05, 0) is 195 Å². The summed E-state index contributed by atoms with van der Waals surface area (Å²) in [5.74, 6) is 18.6. The summed E-state index contributed by atoms with van der Waals surface area (Å²) in [7, 11) is 0. The summed E-state index contributed by atoms with van der Waals surface area (Å²) in [6.45, 7) is 6.25. The minimum atomic E-state index is 0.870. The Labute approximate surface area is 208 Å². The molecule has 23 aliphatic carbocycles. The molecule has 0 amide bonds. The highest BCUT2D eigenvalue weighted by Crippen LogP contribution is 3.61. The van der Waals surface area contributed by atoms with Crippen molar-refractivity contribution >= 4 is 0 Å². The molecule has 0 aromatic heterocycles. The third kappa shape index (κ3) is 0.292. The second-order valence-corrected chi connectivity index (χ2v) is 22.5. The number of fused-ring (bicyclic) bond motifs is 10. The van der Waals surface area contributed by atoms with Gasteiger partial charge in [0.25, 0.3) is 0 Å². The molecule has 0 nitrogen and oxygen atoms in total. The quantitative estimate of drug-likeness (QED) is 0.506. The van der Waals surface area contributed by atoms with Gasteiger partial charge in [0.2, 0.25) is 0 Å². The van der Waals surface area contributed by atoms with E-state index in [0.29, 0.717) is 0 Å². The van der Waals surface area contributed by atoms with E-state index in [4.69, 9.17) is 0 Å². The summed E-state index contributed by atoms with van der Waals surface area (Å²) in [5.41, 5.74) is 16.6. The van der Waals surface area contributed by atoms with Crippen LogP contribution in [0.4, 0.5) is 0 Å². The molecule has 23 fully saturated rings. The molecule has 0 heteroatoms. The Morgan fingerprint density at radius 1 is 0.361 bits per heavy atom. The van der Waals surface area contributed by atoms with E-state index in [1.165, 1.54) is 82.9 Å². The Bertz CT molecular complexity index is 1970. The minimum absolute atomic E-state index is 0.870. The maximum atomic E-state index is 3.16. The summed E-state index contributed by atoms with van der Waals surface area (Å²) >= 11 is 0. The Morgan fingerprint density at radius 3 is 1.33 bits per heavy atom. The molecule has 14 spiro atoms. The predicted molar refractivity (Wildman–Crippen MR) is 118 cm³/mol. The summed E-state index contributed by atoms with van der Waals surface area (Å²) in [5, 5.41) is 0. The van der Waals surface area contributed by atoms with Crippen molar-refractivity contribution in [1.82, 2.24) is 0 Å². The first-order valence-corrected chi connectivity index (χ1v) is 17.6. The number of hydrogen-bond acceptors (Lipinski definition) is 0. The highest BCUT2D eigenvalue weighted by atomic mass is 15.6. The fourth-order valence-electron chi connectivity index (χ4n) is 36.5. The second-order valence-electron chi connectivity index (χ2n) is 22.5. The molecule has 30 atom stereocenters. The monoisotopic (exact) mass is 460 g/mol. The van der Waals surface area contributed by atoms with Gasteiger partial charge in [0, 0.05) is 0 Å². The van der Waals surface area contributed by atoms with E-state index in [9.17, 15) is 0 Å². The van der Waals surface area contributed by atoms with E-state index in [1.807, 2.05) is 6.42 Å². The minimum Gasteiger partial charge on any atom is -0.0582 e. The van der Waals surface area contributed by atoms with Crippen molar-refractivity contribution in [3.63, 3.8) is 0 Å². The fourth-order valence-corrected chi connectivity index (χ4v) is 36.5. The highest BCUT2D eigenvalue weighted by Gasteiger charge is 3.60. The first kappa shape index (κ1) is 13.1. The van der Waals surface area contributed by atoms with Crippen LogP contribution in [0.25, 0.3) is 0 Å². The van der Waals surface area contributed by atoms with Crippen LogP contribution in [0.5, 0.6) is 0 Å². The molecule has 0 N–H and O–H groups in total. The Hall–Kier alpha value is 0. The Morgan fingerprint density at radius 2 is 0.750 bits per heavy atom. The maximum absolute atomic E-state index is 3.16. The van der Waals surface area contributed by atoms with Crippen LogP contribution in [-0.4, -0.2) is 0 Å². The standard InChI is InChI=1S/C36H28/c1-21-9-4-8-7-3-10-17-19-13-6-14-20-18-12-5-11-16-15(9)27(21)28(16)24(11,12)30(18)32(20)25(13,14)31(19)29(17)23(7,10)26(8)22(21,2)33(27)34(26,29)36(31,32)35(28,30)33/h7-20H,3-6H2,1-2H3. The van der Waals surface area contributed by atoms with Crippen LogP contribution in [0.2, 0.25) is 0 Å². The largest absolute Gasteiger partial charge is 0.0582 e.